The first kappa shape index (κ1) is 19.5. The fourth-order valence-electron chi connectivity index (χ4n) is 2.91. The van der Waals surface area contributed by atoms with Crippen molar-refractivity contribution in [3.8, 4) is 45.4 Å². The number of hydrogen-bond acceptors (Lipinski definition) is 7. The van der Waals surface area contributed by atoms with Gasteiger partial charge in [0.25, 0.3) is 0 Å². The summed E-state index contributed by atoms with van der Waals surface area (Å²) < 4.78 is 25.8. The number of ether oxygens (including phenoxy) is 4. The third kappa shape index (κ3) is 3.46. The molecular formula is C20H19NO6S. The van der Waals surface area contributed by atoms with Gasteiger partial charge in [0, 0.05) is 16.5 Å². The van der Waals surface area contributed by atoms with Crippen molar-refractivity contribution < 1.29 is 28.8 Å². The average molecular weight is 401 g/mol. The molecule has 0 aliphatic rings. The predicted molar refractivity (Wildman–Crippen MR) is 106 cm³/mol. The fourth-order valence-corrected chi connectivity index (χ4v) is 3.63. The number of carboxylic acids is 1. The zero-order valence-corrected chi connectivity index (χ0v) is 16.6. The van der Waals surface area contributed by atoms with Gasteiger partial charge in [-0.05, 0) is 41.4 Å². The van der Waals surface area contributed by atoms with E-state index in [2.05, 4.69) is 4.37 Å². The molecule has 0 aliphatic carbocycles. The minimum atomic E-state index is -1.06. The van der Waals surface area contributed by atoms with Crippen LogP contribution in [0, 0.1) is 0 Å². The zero-order valence-electron chi connectivity index (χ0n) is 15.8. The van der Waals surface area contributed by atoms with Gasteiger partial charge in [-0.15, -0.1) is 0 Å². The van der Waals surface area contributed by atoms with Gasteiger partial charge in [-0.2, -0.15) is 4.37 Å². The SMILES string of the molecule is COc1ccc(-c2csnc2-c2cc(OC)c(OC)c(OC)c2)cc1C(=O)O. The fraction of sp³-hybridized carbons (Fsp3) is 0.200. The Morgan fingerprint density at radius 2 is 1.54 bits per heavy atom. The first-order valence-electron chi connectivity index (χ1n) is 8.20. The van der Waals surface area contributed by atoms with E-state index in [9.17, 15) is 9.90 Å². The molecule has 8 heteroatoms. The summed E-state index contributed by atoms with van der Waals surface area (Å²) in [6.07, 6.45) is 0. The van der Waals surface area contributed by atoms with Gasteiger partial charge >= 0.3 is 5.97 Å². The van der Waals surface area contributed by atoms with E-state index in [1.165, 1.54) is 18.6 Å². The number of methoxy groups -OCH3 is 4. The van der Waals surface area contributed by atoms with Crippen molar-refractivity contribution in [1.29, 1.82) is 0 Å². The van der Waals surface area contributed by atoms with Crippen LogP contribution in [0.2, 0.25) is 0 Å². The van der Waals surface area contributed by atoms with Crippen molar-refractivity contribution in [2.75, 3.05) is 28.4 Å². The number of carbonyl (C=O) groups is 1. The predicted octanol–water partition coefficient (Wildman–Crippen LogP) is 4.21. The van der Waals surface area contributed by atoms with Crippen LogP contribution in [-0.4, -0.2) is 43.9 Å². The highest BCUT2D eigenvalue weighted by Crippen LogP contribution is 2.43. The molecule has 0 amide bonds. The number of rotatable bonds is 7. The molecule has 3 rings (SSSR count). The topological polar surface area (TPSA) is 87.1 Å². The van der Waals surface area contributed by atoms with Gasteiger partial charge in [-0.25, -0.2) is 4.79 Å². The summed E-state index contributed by atoms with van der Waals surface area (Å²) in [5, 5.41) is 11.3. The first-order chi connectivity index (χ1) is 13.5. The molecule has 146 valence electrons. The van der Waals surface area contributed by atoms with Gasteiger partial charge in [0.2, 0.25) is 5.75 Å². The Hall–Kier alpha value is -3.26. The van der Waals surface area contributed by atoms with Crippen molar-refractivity contribution in [2.45, 2.75) is 0 Å². The highest BCUT2D eigenvalue weighted by molar-refractivity contribution is 7.04. The van der Waals surface area contributed by atoms with E-state index in [1.807, 2.05) is 17.5 Å². The molecular weight excluding hydrogens is 382 g/mol. The summed E-state index contributed by atoms with van der Waals surface area (Å²) in [7, 11) is 6.07. The normalized spacial score (nSPS) is 10.4. The van der Waals surface area contributed by atoms with Crippen LogP contribution in [0.3, 0.4) is 0 Å². The summed E-state index contributed by atoms with van der Waals surface area (Å²) in [5.74, 6) is 0.752. The summed E-state index contributed by atoms with van der Waals surface area (Å²) in [4.78, 5) is 11.6. The van der Waals surface area contributed by atoms with Crippen LogP contribution in [-0.2, 0) is 0 Å². The largest absolute Gasteiger partial charge is 0.496 e. The molecule has 1 N–H and O–H groups in total. The standard InChI is InChI=1S/C20H19NO6S/c1-24-15-6-5-11(7-13(15)20(22)23)14-10-28-21-18(14)12-8-16(25-2)19(27-4)17(9-12)26-3/h5-10H,1-4H3,(H,22,23). The number of carboxylic acid groups (broad SMARTS) is 1. The third-order valence-corrected chi connectivity index (χ3v) is 4.88. The van der Waals surface area contributed by atoms with Crippen molar-refractivity contribution >= 4 is 17.5 Å². The molecule has 0 saturated heterocycles. The summed E-state index contributed by atoms with van der Waals surface area (Å²) in [6.45, 7) is 0. The van der Waals surface area contributed by atoms with E-state index < -0.39 is 5.97 Å². The van der Waals surface area contributed by atoms with E-state index in [0.717, 1.165) is 16.7 Å². The Morgan fingerprint density at radius 3 is 2.07 bits per heavy atom. The molecule has 0 saturated carbocycles. The van der Waals surface area contributed by atoms with E-state index >= 15 is 0 Å². The van der Waals surface area contributed by atoms with E-state index in [-0.39, 0.29) is 5.56 Å². The maximum atomic E-state index is 11.6. The second-order valence-corrected chi connectivity index (χ2v) is 6.34. The lowest BCUT2D eigenvalue weighted by Crippen LogP contribution is -2.00. The lowest BCUT2D eigenvalue weighted by molar-refractivity contribution is 0.0693. The van der Waals surface area contributed by atoms with E-state index in [1.54, 1.807) is 39.5 Å². The second kappa shape index (κ2) is 8.18. The molecule has 0 fully saturated rings. The summed E-state index contributed by atoms with van der Waals surface area (Å²) in [5.41, 5.74) is 3.05. The Labute approximate surface area is 166 Å². The lowest BCUT2D eigenvalue weighted by Gasteiger charge is -2.14. The zero-order chi connectivity index (χ0) is 20.3. The lowest BCUT2D eigenvalue weighted by atomic mass is 9.99. The molecule has 28 heavy (non-hydrogen) atoms. The van der Waals surface area contributed by atoms with Gasteiger partial charge < -0.3 is 24.1 Å². The maximum Gasteiger partial charge on any atom is 0.339 e. The third-order valence-electron chi connectivity index (χ3n) is 4.25. The van der Waals surface area contributed by atoms with Crippen molar-refractivity contribution in [2.24, 2.45) is 0 Å². The molecule has 0 aliphatic heterocycles. The Kier molecular flexibility index (Phi) is 5.70. The van der Waals surface area contributed by atoms with Crippen LogP contribution in [0.15, 0.2) is 35.7 Å². The molecule has 0 unspecified atom stereocenters. The highest BCUT2D eigenvalue weighted by atomic mass is 32.1. The van der Waals surface area contributed by atoms with Gasteiger partial charge in [0.15, 0.2) is 11.5 Å². The molecule has 0 atom stereocenters. The Morgan fingerprint density at radius 1 is 0.893 bits per heavy atom. The molecule has 2 aromatic carbocycles. The number of hydrogen-bond donors (Lipinski definition) is 1. The quantitative estimate of drug-likeness (QED) is 0.634. The number of aromatic nitrogens is 1. The molecule has 3 aromatic rings. The Balaban J connectivity index is 2.16. The van der Waals surface area contributed by atoms with Crippen LogP contribution in [0.1, 0.15) is 10.4 Å². The van der Waals surface area contributed by atoms with Crippen molar-refractivity contribution in [1.82, 2.24) is 4.37 Å². The van der Waals surface area contributed by atoms with Crippen molar-refractivity contribution in [3.63, 3.8) is 0 Å². The first-order valence-corrected chi connectivity index (χ1v) is 9.04. The van der Waals surface area contributed by atoms with Crippen LogP contribution in [0.5, 0.6) is 23.0 Å². The monoisotopic (exact) mass is 401 g/mol. The number of aromatic carboxylic acids is 1. The van der Waals surface area contributed by atoms with Gasteiger partial charge in [-0.3, -0.25) is 0 Å². The second-order valence-electron chi connectivity index (χ2n) is 5.71. The van der Waals surface area contributed by atoms with Gasteiger partial charge in [0.1, 0.15) is 11.3 Å². The number of benzene rings is 2. The molecule has 0 bridgehead atoms. The number of nitrogens with zero attached hydrogens (tertiary/aromatic N) is 1. The van der Waals surface area contributed by atoms with Crippen LogP contribution < -0.4 is 18.9 Å². The van der Waals surface area contributed by atoms with Crippen molar-refractivity contribution in [3.05, 3.63) is 41.3 Å². The highest BCUT2D eigenvalue weighted by Gasteiger charge is 2.19. The van der Waals surface area contributed by atoms with Gasteiger partial charge in [-0.1, -0.05) is 6.07 Å². The van der Waals surface area contributed by atoms with E-state index in [0.29, 0.717) is 28.7 Å². The summed E-state index contributed by atoms with van der Waals surface area (Å²) >= 11 is 1.28. The molecule has 7 nitrogen and oxygen atoms in total. The average Bonchev–Trinajstić information content (AvgIpc) is 3.21. The molecule has 1 heterocycles. The van der Waals surface area contributed by atoms with Crippen LogP contribution in [0.4, 0.5) is 0 Å². The minimum absolute atomic E-state index is 0.0852. The Bertz CT molecular complexity index is 989. The summed E-state index contributed by atoms with van der Waals surface area (Å²) in [6, 6.07) is 8.63. The minimum Gasteiger partial charge on any atom is -0.496 e. The van der Waals surface area contributed by atoms with Crippen LogP contribution in [0.25, 0.3) is 22.4 Å². The molecule has 0 radical (unpaired) electrons. The van der Waals surface area contributed by atoms with E-state index in [4.69, 9.17) is 18.9 Å². The van der Waals surface area contributed by atoms with Gasteiger partial charge in [0.05, 0.1) is 34.1 Å². The molecule has 1 aromatic heterocycles. The van der Waals surface area contributed by atoms with Crippen LogP contribution >= 0.6 is 11.5 Å². The smallest absolute Gasteiger partial charge is 0.339 e. The maximum absolute atomic E-state index is 11.6. The molecule has 0 spiro atoms.